The van der Waals surface area contributed by atoms with Crippen LogP contribution in [0, 0.1) is 0 Å². The van der Waals surface area contributed by atoms with E-state index in [9.17, 15) is 4.79 Å². The molecule has 0 unspecified atom stereocenters. The van der Waals surface area contributed by atoms with Gasteiger partial charge in [-0.3, -0.25) is 14.3 Å². The Balaban J connectivity index is 2.02. The number of methoxy groups -OCH3 is 1. The normalized spacial score (nSPS) is 16.0. The second kappa shape index (κ2) is 7.10. The Morgan fingerprint density at radius 2 is 2.04 bits per heavy atom. The minimum Gasteiger partial charge on any atom is -0.399 e. The molecule has 0 atom stereocenters. The van der Waals surface area contributed by atoms with Crippen molar-refractivity contribution in [2.45, 2.75) is 32.4 Å². The van der Waals surface area contributed by atoms with Gasteiger partial charge in [-0.1, -0.05) is 6.42 Å². The first-order chi connectivity index (χ1) is 11.2. The number of hydrogen-bond acceptors (Lipinski definition) is 5. The number of likely N-dealkylation sites (tertiary alicyclic amines) is 1. The Hall–Kier alpha value is -1.92. The number of fused-ring (bicyclic) bond motifs is 1. The molecule has 1 aromatic heterocycles. The molecule has 2 heterocycles. The third kappa shape index (κ3) is 3.54. The average Bonchev–Trinajstić information content (AvgIpc) is 2.56. The van der Waals surface area contributed by atoms with E-state index in [4.69, 9.17) is 15.5 Å². The molecule has 0 aliphatic carbocycles. The summed E-state index contributed by atoms with van der Waals surface area (Å²) in [5.41, 5.74) is 7.08. The number of piperidine rings is 1. The van der Waals surface area contributed by atoms with E-state index < -0.39 is 0 Å². The van der Waals surface area contributed by atoms with E-state index in [0.717, 1.165) is 18.9 Å². The van der Waals surface area contributed by atoms with Crippen molar-refractivity contribution in [3.63, 3.8) is 0 Å². The maximum atomic E-state index is 12.8. The second-order valence-electron chi connectivity index (χ2n) is 6.09. The van der Waals surface area contributed by atoms with Crippen molar-refractivity contribution in [1.82, 2.24) is 14.5 Å². The highest BCUT2D eigenvalue weighted by molar-refractivity contribution is 5.81. The largest absolute Gasteiger partial charge is 0.399 e. The van der Waals surface area contributed by atoms with Crippen LogP contribution in [-0.4, -0.2) is 41.3 Å². The predicted molar refractivity (Wildman–Crippen MR) is 91.4 cm³/mol. The van der Waals surface area contributed by atoms with Gasteiger partial charge >= 0.3 is 0 Å². The zero-order chi connectivity index (χ0) is 16.2. The Labute approximate surface area is 135 Å². The van der Waals surface area contributed by atoms with Crippen LogP contribution in [0.1, 0.15) is 25.1 Å². The summed E-state index contributed by atoms with van der Waals surface area (Å²) in [6, 6.07) is 5.32. The lowest BCUT2D eigenvalue weighted by atomic mass is 10.1. The number of nitrogens with two attached hydrogens (primary N) is 1. The number of rotatable bonds is 5. The molecule has 1 aliphatic rings. The van der Waals surface area contributed by atoms with E-state index in [-0.39, 0.29) is 5.56 Å². The van der Waals surface area contributed by atoms with Gasteiger partial charge in [-0.25, -0.2) is 4.98 Å². The molecule has 1 fully saturated rings. The van der Waals surface area contributed by atoms with Crippen LogP contribution in [0.4, 0.5) is 5.69 Å². The number of aromatic nitrogens is 2. The fourth-order valence-electron chi connectivity index (χ4n) is 3.14. The summed E-state index contributed by atoms with van der Waals surface area (Å²) >= 11 is 0. The number of hydrogen-bond donors (Lipinski definition) is 1. The van der Waals surface area contributed by atoms with E-state index in [1.807, 2.05) is 6.07 Å². The van der Waals surface area contributed by atoms with Gasteiger partial charge in [0.2, 0.25) is 0 Å². The minimum absolute atomic E-state index is 0.0358. The van der Waals surface area contributed by atoms with E-state index in [1.54, 1.807) is 23.8 Å². The molecule has 124 valence electrons. The summed E-state index contributed by atoms with van der Waals surface area (Å²) in [5.74, 6) is 0.811. The third-order valence-corrected chi connectivity index (χ3v) is 4.39. The maximum Gasteiger partial charge on any atom is 0.261 e. The lowest BCUT2D eigenvalue weighted by Crippen LogP contribution is -2.34. The van der Waals surface area contributed by atoms with Crippen molar-refractivity contribution in [2.24, 2.45) is 0 Å². The van der Waals surface area contributed by atoms with Crippen LogP contribution in [-0.2, 0) is 17.8 Å². The lowest BCUT2D eigenvalue weighted by Gasteiger charge is -2.27. The highest BCUT2D eigenvalue weighted by atomic mass is 16.5. The van der Waals surface area contributed by atoms with Crippen LogP contribution in [0.2, 0.25) is 0 Å². The molecule has 1 aliphatic heterocycles. The fraction of sp³-hybridized carbons (Fsp3) is 0.529. The standard InChI is InChI=1S/C17H24N4O2/c1-23-10-9-21-16(12-20-7-3-2-4-8-20)19-15-6-5-13(18)11-14(15)17(21)22/h5-6,11H,2-4,7-10,12,18H2,1H3. The zero-order valence-electron chi connectivity index (χ0n) is 13.6. The summed E-state index contributed by atoms with van der Waals surface area (Å²) in [6.07, 6.45) is 3.72. The molecule has 1 aromatic carbocycles. The molecule has 1 saturated heterocycles. The van der Waals surface area contributed by atoms with E-state index >= 15 is 0 Å². The van der Waals surface area contributed by atoms with Gasteiger partial charge in [0.15, 0.2) is 0 Å². The Kier molecular flexibility index (Phi) is 4.93. The summed E-state index contributed by atoms with van der Waals surface area (Å²) < 4.78 is 6.89. The molecule has 0 saturated carbocycles. The summed E-state index contributed by atoms with van der Waals surface area (Å²) in [4.78, 5) is 19.9. The molecule has 3 rings (SSSR count). The smallest absolute Gasteiger partial charge is 0.261 e. The molecule has 6 heteroatoms. The van der Waals surface area contributed by atoms with E-state index in [2.05, 4.69) is 4.90 Å². The van der Waals surface area contributed by atoms with Crippen molar-refractivity contribution < 1.29 is 4.74 Å². The highest BCUT2D eigenvalue weighted by Crippen LogP contribution is 2.16. The van der Waals surface area contributed by atoms with Crippen LogP contribution in [0.3, 0.4) is 0 Å². The summed E-state index contributed by atoms with van der Waals surface area (Å²) in [6.45, 7) is 3.85. The van der Waals surface area contributed by atoms with Gasteiger partial charge in [-0.05, 0) is 44.1 Å². The Bertz CT molecular complexity index is 735. The molecular weight excluding hydrogens is 292 g/mol. The summed E-state index contributed by atoms with van der Waals surface area (Å²) in [5, 5.41) is 0.573. The number of anilines is 1. The predicted octanol–water partition coefficient (Wildman–Crippen LogP) is 1.61. The minimum atomic E-state index is -0.0358. The maximum absolute atomic E-state index is 12.8. The Morgan fingerprint density at radius 1 is 1.26 bits per heavy atom. The van der Waals surface area contributed by atoms with Crippen molar-refractivity contribution >= 4 is 16.6 Å². The first-order valence-corrected chi connectivity index (χ1v) is 8.19. The first kappa shape index (κ1) is 16.0. The Morgan fingerprint density at radius 3 is 2.78 bits per heavy atom. The van der Waals surface area contributed by atoms with Gasteiger partial charge < -0.3 is 10.5 Å². The monoisotopic (exact) mass is 316 g/mol. The van der Waals surface area contributed by atoms with Gasteiger partial charge in [0.05, 0.1) is 30.6 Å². The van der Waals surface area contributed by atoms with Crippen LogP contribution < -0.4 is 11.3 Å². The first-order valence-electron chi connectivity index (χ1n) is 8.19. The number of ether oxygens (including phenoxy) is 1. The van der Waals surface area contributed by atoms with E-state index in [1.165, 1.54) is 19.3 Å². The summed E-state index contributed by atoms with van der Waals surface area (Å²) in [7, 11) is 1.64. The lowest BCUT2D eigenvalue weighted by molar-refractivity contribution is 0.178. The van der Waals surface area contributed by atoms with Crippen LogP contribution in [0.15, 0.2) is 23.0 Å². The van der Waals surface area contributed by atoms with Gasteiger partial charge in [-0.2, -0.15) is 0 Å². The SMILES string of the molecule is COCCn1c(CN2CCCCC2)nc2ccc(N)cc2c1=O. The molecule has 6 nitrogen and oxygen atoms in total. The van der Waals surface area contributed by atoms with Gasteiger partial charge in [0.1, 0.15) is 5.82 Å². The number of nitrogens with zero attached hydrogens (tertiary/aromatic N) is 3. The molecule has 0 bridgehead atoms. The van der Waals surface area contributed by atoms with Gasteiger partial charge in [0.25, 0.3) is 5.56 Å². The van der Waals surface area contributed by atoms with Crippen LogP contribution in [0.25, 0.3) is 10.9 Å². The molecule has 2 N–H and O–H groups in total. The average molecular weight is 316 g/mol. The molecule has 0 amide bonds. The molecule has 0 spiro atoms. The van der Waals surface area contributed by atoms with Crippen molar-refractivity contribution in [1.29, 1.82) is 0 Å². The van der Waals surface area contributed by atoms with Crippen LogP contribution >= 0.6 is 0 Å². The second-order valence-corrected chi connectivity index (χ2v) is 6.09. The zero-order valence-corrected chi connectivity index (χ0v) is 13.6. The third-order valence-electron chi connectivity index (χ3n) is 4.39. The highest BCUT2D eigenvalue weighted by Gasteiger charge is 2.16. The molecule has 2 aromatic rings. The van der Waals surface area contributed by atoms with E-state index in [0.29, 0.717) is 36.3 Å². The molecule has 23 heavy (non-hydrogen) atoms. The fourth-order valence-corrected chi connectivity index (χ4v) is 3.14. The van der Waals surface area contributed by atoms with Gasteiger partial charge in [0, 0.05) is 12.8 Å². The quantitative estimate of drug-likeness (QED) is 0.848. The number of nitrogen functional groups attached to an aromatic ring is 1. The van der Waals surface area contributed by atoms with Crippen molar-refractivity contribution in [3.8, 4) is 0 Å². The molecular formula is C17H24N4O2. The van der Waals surface area contributed by atoms with Crippen molar-refractivity contribution in [3.05, 3.63) is 34.4 Å². The van der Waals surface area contributed by atoms with Crippen LogP contribution in [0.5, 0.6) is 0 Å². The topological polar surface area (TPSA) is 73.4 Å². The van der Waals surface area contributed by atoms with Gasteiger partial charge in [-0.15, -0.1) is 0 Å². The molecule has 0 radical (unpaired) electrons. The van der Waals surface area contributed by atoms with Crippen molar-refractivity contribution in [2.75, 3.05) is 32.5 Å². The number of benzene rings is 1.